The lowest BCUT2D eigenvalue weighted by Gasteiger charge is -2.36. The molecule has 0 aromatic heterocycles. The molecule has 4 rings (SSSR count). The van der Waals surface area contributed by atoms with E-state index in [0.717, 1.165) is 11.1 Å². The predicted molar refractivity (Wildman–Crippen MR) is 154 cm³/mol. The Morgan fingerprint density at radius 2 is 1.65 bits per heavy atom. The van der Waals surface area contributed by atoms with Crippen molar-refractivity contribution in [1.82, 2.24) is 10.6 Å². The monoisotopic (exact) mass is 630 g/mol. The van der Waals surface area contributed by atoms with E-state index < -0.39 is 32.5 Å². The Morgan fingerprint density at radius 3 is 2.17 bits per heavy atom. The number of carbonyl (C=O) groups is 2. The van der Waals surface area contributed by atoms with Crippen molar-refractivity contribution < 1.29 is 32.6 Å². The fourth-order valence-electron chi connectivity index (χ4n) is 4.93. The van der Waals surface area contributed by atoms with Crippen LogP contribution in [0.4, 0.5) is 0 Å². The van der Waals surface area contributed by atoms with Gasteiger partial charge in [-0.2, -0.15) is 0 Å². The summed E-state index contributed by atoms with van der Waals surface area (Å²) >= 11 is 3.30. The smallest absolute Gasteiger partial charge is 0.326 e. The zero-order valence-electron chi connectivity index (χ0n) is 22.1. The molecule has 3 N–H and O–H groups in total. The molecule has 1 fully saturated rings. The van der Waals surface area contributed by atoms with E-state index in [2.05, 4.69) is 26.6 Å². The molecule has 1 aliphatic heterocycles. The van der Waals surface area contributed by atoms with Crippen molar-refractivity contribution in [2.24, 2.45) is 0 Å². The number of hydrogen-bond donors (Lipinski definition) is 3. The minimum Gasteiger partial charge on any atom is -0.496 e. The highest BCUT2D eigenvalue weighted by atomic mass is 79.9. The number of aliphatic carboxylic acids is 1. The van der Waals surface area contributed by atoms with Gasteiger partial charge in [0.15, 0.2) is 14.6 Å². The Balaban J connectivity index is 1.59. The van der Waals surface area contributed by atoms with E-state index in [1.54, 1.807) is 38.5 Å². The molecule has 11 heteroatoms. The highest BCUT2D eigenvalue weighted by Gasteiger charge is 2.52. The molecule has 1 heterocycles. The van der Waals surface area contributed by atoms with Gasteiger partial charge in [-0.15, -0.1) is 0 Å². The summed E-state index contributed by atoms with van der Waals surface area (Å²) in [4.78, 5) is 25.9. The molecule has 212 valence electrons. The number of methoxy groups -OCH3 is 2. The van der Waals surface area contributed by atoms with Crippen LogP contribution < -0.4 is 20.1 Å². The number of amides is 1. The van der Waals surface area contributed by atoms with Gasteiger partial charge in [-0.05, 0) is 66.9 Å². The van der Waals surface area contributed by atoms with Crippen molar-refractivity contribution in [3.8, 4) is 22.6 Å². The number of carbonyl (C=O) groups excluding carboxylic acids is 1. The first kappa shape index (κ1) is 29.6. The third-order valence-electron chi connectivity index (χ3n) is 7.11. The summed E-state index contributed by atoms with van der Waals surface area (Å²) in [7, 11) is -1.01. The maximum atomic E-state index is 13.8. The molecule has 40 heavy (non-hydrogen) atoms. The van der Waals surface area contributed by atoms with Crippen LogP contribution in [0.3, 0.4) is 0 Å². The standard InChI is InChI=1S/C29H31BrN2O7S/c1-38-24-5-3-6-25(39-2)26(24)20-9-7-19(8-10-20)17-23(27(33)34)32-28(35)29(15-4-16-31-18-29)40(36,37)22-13-11-21(30)12-14-22/h3,5-14,23,31H,4,15-18H2,1-2H3,(H,32,35)(H,33,34)/t23-,29?/m0/s1. The maximum Gasteiger partial charge on any atom is 0.326 e. The second kappa shape index (κ2) is 12.4. The third-order valence-corrected chi connectivity index (χ3v) is 10.1. The molecule has 0 bridgehead atoms. The average molecular weight is 632 g/mol. The first-order valence-corrected chi connectivity index (χ1v) is 15.0. The van der Waals surface area contributed by atoms with E-state index in [1.165, 1.54) is 12.1 Å². The molecule has 0 radical (unpaired) electrons. The first-order chi connectivity index (χ1) is 19.1. The van der Waals surface area contributed by atoms with Crippen molar-refractivity contribution in [2.75, 3.05) is 27.3 Å². The van der Waals surface area contributed by atoms with E-state index in [9.17, 15) is 23.1 Å². The number of ether oxygens (including phenoxy) is 2. The summed E-state index contributed by atoms with van der Waals surface area (Å²) in [6.45, 7) is 0.454. The predicted octanol–water partition coefficient (Wildman–Crippen LogP) is 3.84. The Bertz CT molecular complexity index is 1450. The second-order valence-corrected chi connectivity index (χ2v) is 12.7. The van der Waals surface area contributed by atoms with E-state index in [4.69, 9.17) is 9.47 Å². The molecule has 0 aliphatic carbocycles. The zero-order valence-corrected chi connectivity index (χ0v) is 24.5. The number of carboxylic acid groups (broad SMARTS) is 1. The van der Waals surface area contributed by atoms with Gasteiger partial charge in [0.05, 0.1) is 24.7 Å². The van der Waals surface area contributed by atoms with Gasteiger partial charge in [-0.3, -0.25) is 4.79 Å². The van der Waals surface area contributed by atoms with Gasteiger partial charge >= 0.3 is 5.97 Å². The lowest BCUT2D eigenvalue weighted by Crippen LogP contribution is -2.62. The van der Waals surface area contributed by atoms with Gasteiger partial charge in [0, 0.05) is 17.4 Å². The minimum atomic E-state index is -4.15. The number of sulfone groups is 1. The highest BCUT2D eigenvalue weighted by molar-refractivity contribution is 9.10. The van der Waals surface area contributed by atoms with Crippen molar-refractivity contribution in [1.29, 1.82) is 0 Å². The van der Waals surface area contributed by atoms with Crippen molar-refractivity contribution >= 4 is 37.6 Å². The van der Waals surface area contributed by atoms with Crippen LogP contribution >= 0.6 is 15.9 Å². The van der Waals surface area contributed by atoms with Gasteiger partial charge in [0.2, 0.25) is 5.91 Å². The van der Waals surface area contributed by atoms with Gasteiger partial charge in [-0.25, -0.2) is 13.2 Å². The van der Waals surface area contributed by atoms with E-state index >= 15 is 0 Å². The van der Waals surface area contributed by atoms with Crippen LogP contribution in [0.25, 0.3) is 11.1 Å². The van der Waals surface area contributed by atoms with Crippen LogP contribution in [0.2, 0.25) is 0 Å². The summed E-state index contributed by atoms with van der Waals surface area (Å²) in [5.74, 6) is -0.837. The molecule has 1 unspecified atom stereocenters. The molecule has 2 atom stereocenters. The van der Waals surface area contributed by atoms with Crippen LogP contribution in [0, 0.1) is 0 Å². The van der Waals surface area contributed by atoms with Gasteiger partial charge < -0.3 is 25.2 Å². The lowest BCUT2D eigenvalue weighted by atomic mass is 9.96. The average Bonchev–Trinajstić information content (AvgIpc) is 2.97. The van der Waals surface area contributed by atoms with Crippen LogP contribution in [0.15, 0.2) is 76.1 Å². The van der Waals surface area contributed by atoms with Crippen LogP contribution in [-0.4, -0.2) is 63.5 Å². The molecular formula is C29H31BrN2O7S. The summed E-state index contributed by atoms with van der Waals surface area (Å²) < 4.78 is 37.4. The topological polar surface area (TPSA) is 131 Å². The Hall–Kier alpha value is -3.41. The van der Waals surface area contributed by atoms with Crippen molar-refractivity contribution in [2.45, 2.75) is 34.9 Å². The molecule has 1 amide bonds. The summed E-state index contributed by atoms with van der Waals surface area (Å²) in [6.07, 6.45) is 0.493. The lowest BCUT2D eigenvalue weighted by molar-refractivity contribution is -0.142. The van der Waals surface area contributed by atoms with Gasteiger partial charge in [-0.1, -0.05) is 46.3 Å². The van der Waals surface area contributed by atoms with Gasteiger partial charge in [0.1, 0.15) is 17.5 Å². The number of piperidine rings is 1. The molecule has 9 nitrogen and oxygen atoms in total. The van der Waals surface area contributed by atoms with E-state index in [-0.39, 0.29) is 24.3 Å². The van der Waals surface area contributed by atoms with Crippen LogP contribution in [0.5, 0.6) is 11.5 Å². The summed E-state index contributed by atoms with van der Waals surface area (Å²) in [6, 6.07) is 17.4. The minimum absolute atomic E-state index is 0.00350. The molecule has 0 saturated carbocycles. The maximum absolute atomic E-state index is 13.8. The Morgan fingerprint density at radius 1 is 1.02 bits per heavy atom. The number of hydrogen-bond acceptors (Lipinski definition) is 7. The number of benzene rings is 3. The van der Waals surface area contributed by atoms with Crippen molar-refractivity contribution in [3.05, 3.63) is 76.8 Å². The molecule has 0 spiro atoms. The molecular weight excluding hydrogens is 600 g/mol. The number of carboxylic acids is 1. The van der Waals surface area contributed by atoms with E-state index in [0.29, 0.717) is 34.5 Å². The third kappa shape index (κ3) is 5.86. The quantitative estimate of drug-likeness (QED) is 0.308. The zero-order chi connectivity index (χ0) is 28.9. The fraction of sp³-hybridized carbons (Fsp3) is 0.310. The second-order valence-electron chi connectivity index (χ2n) is 9.53. The number of nitrogens with one attached hydrogen (secondary N) is 2. The molecule has 3 aromatic rings. The van der Waals surface area contributed by atoms with Crippen LogP contribution in [0.1, 0.15) is 18.4 Å². The summed E-state index contributed by atoms with van der Waals surface area (Å²) in [5.41, 5.74) is 2.21. The number of rotatable bonds is 10. The molecule has 1 aliphatic rings. The van der Waals surface area contributed by atoms with Gasteiger partial charge in [0.25, 0.3) is 0 Å². The summed E-state index contributed by atoms with van der Waals surface area (Å²) in [5, 5.41) is 15.5. The first-order valence-electron chi connectivity index (χ1n) is 12.7. The SMILES string of the molecule is COc1cccc(OC)c1-c1ccc(C[C@H](NC(=O)C2(S(=O)(=O)c3ccc(Br)cc3)CCCNC2)C(=O)O)cc1. The van der Waals surface area contributed by atoms with Crippen LogP contribution in [-0.2, 0) is 25.8 Å². The van der Waals surface area contributed by atoms with Crippen molar-refractivity contribution in [3.63, 3.8) is 0 Å². The largest absolute Gasteiger partial charge is 0.496 e. The Kier molecular flexibility index (Phi) is 9.17. The Labute approximate surface area is 241 Å². The highest BCUT2D eigenvalue weighted by Crippen LogP contribution is 2.38. The fourth-order valence-corrected chi connectivity index (χ4v) is 7.15. The normalized spacial score (nSPS) is 18.0. The molecule has 1 saturated heterocycles. The van der Waals surface area contributed by atoms with E-state index in [1.807, 2.05) is 30.3 Å². The number of halogens is 1. The molecule has 3 aromatic carbocycles.